The molecule has 1 heteroatoms. The number of hydrogen-bond donors (Lipinski definition) is 1. The molecule has 1 nitrogen and oxygen atoms in total. The van der Waals surface area contributed by atoms with Gasteiger partial charge >= 0.3 is 0 Å². The fraction of sp³-hybridized carbons (Fsp3) is 0.882. The highest BCUT2D eigenvalue weighted by Gasteiger charge is 2.21. The van der Waals surface area contributed by atoms with Gasteiger partial charge in [0.1, 0.15) is 0 Å². The van der Waals surface area contributed by atoms with Crippen molar-refractivity contribution in [3.05, 3.63) is 12.2 Å². The molecule has 0 saturated heterocycles. The van der Waals surface area contributed by atoms with Crippen LogP contribution in [0.1, 0.15) is 90.4 Å². The molecule has 106 valence electrons. The fourth-order valence-corrected chi connectivity index (χ4v) is 3.06. The van der Waals surface area contributed by atoms with E-state index < -0.39 is 5.60 Å². The van der Waals surface area contributed by atoms with Gasteiger partial charge in [-0.2, -0.15) is 0 Å². The molecular weight excluding hydrogens is 220 g/mol. The van der Waals surface area contributed by atoms with Crippen molar-refractivity contribution >= 4 is 0 Å². The van der Waals surface area contributed by atoms with Crippen molar-refractivity contribution in [2.24, 2.45) is 0 Å². The van der Waals surface area contributed by atoms with Crippen LogP contribution in [0.2, 0.25) is 0 Å². The maximum atomic E-state index is 10.6. The summed E-state index contributed by atoms with van der Waals surface area (Å²) >= 11 is 0. The molecule has 0 aromatic carbocycles. The van der Waals surface area contributed by atoms with Gasteiger partial charge in [0.25, 0.3) is 0 Å². The average Bonchev–Trinajstić information content (AvgIpc) is 2.35. The third kappa shape index (κ3) is 7.20. The van der Waals surface area contributed by atoms with Gasteiger partial charge in [-0.1, -0.05) is 82.8 Å². The average molecular weight is 252 g/mol. The Labute approximate surface area is 114 Å². The van der Waals surface area contributed by atoms with E-state index >= 15 is 0 Å². The van der Waals surface area contributed by atoms with Crippen molar-refractivity contribution in [1.82, 2.24) is 0 Å². The highest BCUT2D eigenvalue weighted by atomic mass is 16.3. The molecule has 0 atom stereocenters. The molecule has 0 radical (unpaired) electrons. The van der Waals surface area contributed by atoms with E-state index in [1.165, 1.54) is 70.6 Å². The Hall–Kier alpha value is -0.300. The molecule has 0 bridgehead atoms. The zero-order valence-corrected chi connectivity index (χ0v) is 12.3. The minimum Gasteiger partial charge on any atom is -0.386 e. The molecule has 1 aliphatic carbocycles. The summed E-state index contributed by atoms with van der Waals surface area (Å²) in [6.07, 6.45) is 20.7. The SMILES string of the molecule is CC=CC1(O)CCCCCCCCCCCCC1. The van der Waals surface area contributed by atoms with Gasteiger partial charge in [0.05, 0.1) is 5.60 Å². The van der Waals surface area contributed by atoms with Crippen LogP contribution < -0.4 is 0 Å². The van der Waals surface area contributed by atoms with E-state index in [1.807, 2.05) is 19.1 Å². The maximum Gasteiger partial charge on any atom is 0.0827 e. The van der Waals surface area contributed by atoms with Gasteiger partial charge in [-0.25, -0.2) is 0 Å². The second-order valence-electron chi connectivity index (χ2n) is 5.99. The second kappa shape index (κ2) is 9.61. The van der Waals surface area contributed by atoms with Crippen LogP contribution in [0.5, 0.6) is 0 Å². The van der Waals surface area contributed by atoms with Crippen LogP contribution >= 0.6 is 0 Å². The predicted octanol–water partition coefficient (Wildman–Crippen LogP) is 5.38. The van der Waals surface area contributed by atoms with Gasteiger partial charge in [-0.3, -0.25) is 0 Å². The van der Waals surface area contributed by atoms with Crippen molar-refractivity contribution in [3.8, 4) is 0 Å². The van der Waals surface area contributed by atoms with Crippen molar-refractivity contribution in [1.29, 1.82) is 0 Å². The molecule has 1 rings (SSSR count). The lowest BCUT2D eigenvalue weighted by atomic mass is 9.89. The Morgan fingerprint density at radius 1 is 0.667 bits per heavy atom. The minimum absolute atomic E-state index is 0.515. The number of rotatable bonds is 1. The Morgan fingerprint density at radius 2 is 1.00 bits per heavy atom. The lowest BCUT2D eigenvalue weighted by Crippen LogP contribution is -2.25. The molecule has 1 saturated carbocycles. The summed E-state index contributed by atoms with van der Waals surface area (Å²) in [4.78, 5) is 0. The third-order valence-electron chi connectivity index (χ3n) is 4.20. The number of allylic oxidation sites excluding steroid dienone is 1. The molecule has 0 aromatic heterocycles. The van der Waals surface area contributed by atoms with Crippen LogP contribution in [-0.2, 0) is 0 Å². The van der Waals surface area contributed by atoms with Gasteiger partial charge < -0.3 is 5.11 Å². The lowest BCUT2D eigenvalue weighted by molar-refractivity contribution is 0.0660. The summed E-state index contributed by atoms with van der Waals surface area (Å²) in [6.45, 7) is 2.02. The summed E-state index contributed by atoms with van der Waals surface area (Å²) in [5.74, 6) is 0. The summed E-state index contributed by atoms with van der Waals surface area (Å²) in [7, 11) is 0. The normalized spacial score (nSPS) is 24.8. The van der Waals surface area contributed by atoms with Crippen LogP contribution in [0.4, 0.5) is 0 Å². The molecule has 0 aromatic rings. The lowest BCUT2D eigenvalue weighted by Gasteiger charge is -2.25. The van der Waals surface area contributed by atoms with E-state index in [1.54, 1.807) is 0 Å². The zero-order valence-electron chi connectivity index (χ0n) is 12.3. The quantitative estimate of drug-likeness (QED) is 0.621. The predicted molar refractivity (Wildman–Crippen MR) is 79.8 cm³/mol. The first kappa shape index (κ1) is 15.8. The van der Waals surface area contributed by atoms with Crippen LogP contribution in [0, 0.1) is 0 Å². The fourth-order valence-electron chi connectivity index (χ4n) is 3.06. The van der Waals surface area contributed by atoms with Crippen molar-refractivity contribution in [2.45, 2.75) is 96.0 Å². The van der Waals surface area contributed by atoms with Gasteiger partial charge in [0, 0.05) is 0 Å². The highest BCUT2D eigenvalue weighted by molar-refractivity contribution is 4.99. The van der Waals surface area contributed by atoms with Gasteiger partial charge in [0.2, 0.25) is 0 Å². The molecule has 0 amide bonds. The van der Waals surface area contributed by atoms with E-state index in [4.69, 9.17) is 0 Å². The molecule has 1 aliphatic rings. The van der Waals surface area contributed by atoms with E-state index in [0.717, 1.165) is 12.8 Å². The van der Waals surface area contributed by atoms with E-state index in [2.05, 4.69) is 0 Å². The van der Waals surface area contributed by atoms with Crippen molar-refractivity contribution < 1.29 is 5.11 Å². The topological polar surface area (TPSA) is 20.2 Å². The van der Waals surface area contributed by atoms with E-state index in [0.29, 0.717) is 0 Å². The molecule has 18 heavy (non-hydrogen) atoms. The van der Waals surface area contributed by atoms with Crippen LogP contribution in [-0.4, -0.2) is 10.7 Å². The number of aliphatic hydroxyl groups is 1. The molecule has 0 heterocycles. The second-order valence-corrected chi connectivity index (χ2v) is 5.99. The largest absolute Gasteiger partial charge is 0.386 e. The third-order valence-corrected chi connectivity index (χ3v) is 4.20. The molecule has 1 fully saturated rings. The van der Waals surface area contributed by atoms with E-state index in [-0.39, 0.29) is 0 Å². The first-order valence-electron chi connectivity index (χ1n) is 8.13. The Morgan fingerprint density at radius 3 is 1.33 bits per heavy atom. The Bertz CT molecular complexity index is 206. The maximum absolute atomic E-state index is 10.6. The highest BCUT2D eigenvalue weighted by Crippen LogP contribution is 2.25. The number of hydrogen-bond acceptors (Lipinski definition) is 1. The summed E-state index contributed by atoms with van der Waals surface area (Å²) in [6, 6.07) is 0. The smallest absolute Gasteiger partial charge is 0.0827 e. The minimum atomic E-state index is -0.515. The van der Waals surface area contributed by atoms with Gasteiger partial charge in [0.15, 0.2) is 0 Å². The van der Waals surface area contributed by atoms with Crippen molar-refractivity contribution in [2.75, 3.05) is 0 Å². The summed E-state index contributed by atoms with van der Waals surface area (Å²) in [5, 5.41) is 10.6. The first-order valence-corrected chi connectivity index (χ1v) is 8.13. The summed E-state index contributed by atoms with van der Waals surface area (Å²) in [5.41, 5.74) is -0.515. The monoisotopic (exact) mass is 252 g/mol. The molecule has 0 spiro atoms. The molecule has 0 unspecified atom stereocenters. The molecule has 0 aliphatic heterocycles. The molecular formula is C17H32O. The van der Waals surface area contributed by atoms with Gasteiger partial charge in [-0.05, 0) is 19.8 Å². The Balaban J connectivity index is 2.38. The van der Waals surface area contributed by atoms with Crippen molar-refractivity contribution in [3.63, 3.8) is 0 Å². The zero-order chi connectivity index (χ0) is 13.1. The van der Waals surface area contributed by atoms with E-state index in [9.17, 15) is 5.11 Å². The van der Waals surface area contributed by atoms with Gasteiger partial charge in [-0.15, -0.1) is 0 Å². The van der Waals surface area contributed by atoms with Crippen LogP contribution in [0.25, 0.3) is 0 Å². The first-order chi connectivity index (χ1) is 8.77. The Kier molecular flexibility index (Phi) is 8.41. The molecule has 1 N–H and O–H groups in total. The van der Waals surface area contributed by atoms with Crippen LogP contribution in [0.15, 0.2) is 12.2 Å². The summed E-state index contributed by atoms with van der Waals surface area (Å²) < 4.78 is 0. The van der Waals surface area contributed by atoms with Crippen LogP contribution in [0.3, 0.4) is 0 Å². The standard InChI is InChI=1S/C17H32O/c1-2-14-17(18)15-12-10-8-6-4-3-5-7-9-11-13-16-17/h2,14,18H,3-13,15-16H2,1H3.